The number of anilines is 3. The zero-order valence-electron chi connectivity index (χ0n) is 15.2. The number of hydrogen-bond acceptors (Lipinski definition) is 2. The topological polar surface area (TPSA) is 14.2 Å². The molecule has 1 aliphatic rings. The first kappa shape index (κ1) is 15.6. The molecule has 0 saturated carbocycles. The second-order valence-corrected chi connectivity index (χ2v) is 6.63. The van der Waals surface area contributed by atoms with Crippen molar-refractivity contribution in [2.45, 2.75) is 13.1 Å². The van der Waals surface area contributed by atoms with Gasteiger partial charge in [0.2, 0.25) is 0 Å². The minimum absolute atomic E-state index is 0.267. The van der Waals surface area contributed by atoms with E-state index in [9.17, 15) is 0 Å². The summed E-state index contributed by atoms with van der Waals surface area (Å²) in [6.45, 7) is 2.25. The average molecular weight is 332 g/mol. The van der Waals surface area contributed by atoms with Crippen LogP contribution in [0.3, 0.4) is 0 Å². The largest absolute Gasteiger partial charge is 0.333 e. The van der Waals surface area contributed by atoms with Gasteiger partial charge in [-0.3, -0.25) is 0 Å². The van der Waals surface area contributed by atoms with Crippen molar-refractivity contribution in [2.75, 3.05) is 16.8 Å². The van der Waals surface area contributed by atoms with Crippen LogP contribution in [-0.4, -0.2) is 13.2 Å². The van der Waals surface area contributed by atoms with Crippen molar-refractivity contribution in [3.05, 3.63) is 66.9 Å². The Labute approximate surface area is 149 Å². The lowest BCUT2D eigenvalue weighted by atomic mass is 10.2. The molecule has 4 heteroatoms. The number of rotatable bonds is 2. The molecule has 0 N–H and O–H groups in total. The van der Waals surface area contributed by atoms with E-state index in [0.29, 0.717) is 0 Å². The van der Waals surface area contributed by atoms with Crippen LogP contribution < -0.4 is 18.9 Å². The molecule has 1 atom stereocenters. The highest BCUT2D eigenvalue weighted by Crippen LogP contribution is 2.41. The van der Waals surface area contributed by atoms with Crippen LogP contribution in [0.15, 0.2) is 66.9 Å². The van der Waals surface area contributed by atoms with Crippen molar-refractivity contribution >= 4 is 17.2 Å². The monoisotopic (exact) mass is 332 g/mol. The Morgan fingerprint density at radius 2 is 1.48 bits per heavy atom. The smallest absolute Gasteiger partial charge is 0.283 e. The minimum atomic E-state index is 0.267. The van der Waals surface area contributed by atoms with Gasteiger partial charge in [-0.05, 0) is 37.3 Å². The summed E-state index contributed by atoms with van der Waals surface area (Å²) in [7, 11) is 6.39. The fraction of sp³-hybridized carbons (Fsp3) is 0.238. The minimum Gasteiger partial charge on any atom is -0.333 e. The number of aryl methyl sites for hydroxylation is 1. The number of aromatic nitrogens is 2. The molecule has 1 aliphatic heterocycles. The van der Waals surface area contributed by atoms with E-state index in [0.717, 1.165) is 0 Å². The normalized spacial score (nSPS) is 16.2. The number of nitrogens with zero attached hydrogens (tertiary/aromatic N) is 4. The van der Waals surface area contributed by atoms with E-state index in [4.69, 9.17) is 0 Å². The molecule has 2 aromatic heterocycles. The maximum Gasteiger partial charge on any atom is 0.283 e. The Bertz CT molecular complexity index is 935. The van der Waals surface area contributed by atoms with Crippen LogP contribution in [0, 0.1) is 0 Å². The molecule has 4 nitrogen and oxygen atoms in total. The number of pyridine rings is 2. The Hall–Kier alpha value is -2.88. The van der Waals surface area contributed by atoms with E-state index in [-0.39, 0.29) is 6.17 Å². The van der Waals surface area contributed by atoms with Crippen LogP contribution in [0.4, 0.5) is 17.2 Å². The number of para-hydroxylation sites is 2. The van der Waals surface area contributed by atoms with Gasteiger partial charge in [-0.2, -0.15) is 4.57 Å². The van der Waals surface area contributed by atoms with Gasteiger partial charge in [0, 0.05) is 25.2 Å². The third-order valence-electron chi connectivity index (χ3n) is 5.22. The zero-order valence-corrected chi connectivity index (χ0v) is 15.2. The van der Waals surface area contributed by atoms with E-state index in [1.54, 1.807) is 0 Å². The summed E-state index contributed by atoms with van der Waals surface area (Å²) in [6.07, 6.45) is 2.35. The summed E-state index contributed by atoms with van der Waals surface area (Å²) in [4.78, 5) is 4.73. The summed E-state index contributed by atoms with van der Waals surface area (Å²) >= 11 is 0. The SMILES string of the molecule is C[C@H]1N(C)c2ccccc2N1c1cccc(-c2cccc[n+]2C)[n+]1C. The molecule has 0 amide bonds. The van der Waals surface area contributed by atoms with Gasteiger partial charge in [-0.15, -0.1) is 0 Å². The van der Waals surface area contributed by atoms with Crippen LogP contribution in [0.5, 0.6) is 0 Å². The molecular weight excluding hydrogens is 308 g/mol. The quantitative estimate of drug-likeness (QED) is 0.670. The first-order valence-electron chi connectivity index (χ1n) is 8.65. The molecule has 1 aromatic carbocycles. The van der Waals surface area contributed by atoms with Crippen molar-refractivity contribution < 1.29 is 9.13 Å². The van der Waals surface area contributed by atoms with Gasteiger partial charge in [0.1, 0.15) is 7.05 Å². The zero-order chi connectivity index (χ0) is 17.6. The lowest BCUT2D eigenvalue weighted by Gasteiger charge is -2.22. The summed E-state index contributed by atoms with van der Waals surface area (Å²) in [5, 5.41) is 0. The van der Waals surface area contributed by atoms with Crippen molar-refractivity contribution in [2.24, 2.45) is 14.1 Å². The molecule has 4 rings (SSSR count). The van der Waals surface area contributed by atoms with Gasteiger partial charge < -0.3 is 4.90 Å². The first-order valence-corrected chi connectivity index (χ1v) is 8.65. The molecule has 0 bridgehead atoms. The number of benzene rings is 1. The highest BCUT2D eigenvalue weighted by molar-refractivity contribution is 5.81. The Kier molecular flexibility index (Phi) is 3.68. The summed E-state index contributed by atoms with van der Waals surface area (Å²) < 4.78 is 4.44. The molecule has 0 aliphatic carbocycles. The molecular formula is C21H24N4+2. The second-order valence-electron chi connectivity index (χ2n) is 6.63. The Balaban J connectivity index is 1.88. The van der Waals surface area contributed by atoms with Gasteiger partial charge in [0.25, 0.3) is 11.5 Å². The van der Waals surface area contributed by atoms with Crippen molar-refractivity contribution in [3.63, 3.8) is 0 Å². The van der Waals surface area contributed by atoms with Crippen molar-refractivity contribution in [3.8, 4) is 11.4 Å². The number of fused-ring (bicyclic) bond motifs is 1. The molecule has 0 radical (unpaired) electrons. The summed E-state index contributed by atoms with van der Waals surface area (Å²) in [5.41, 5.74) is 4.91. The predicted molar refractivity (Wildman–Crippen MR) is 101 cm³/mol. The first-order chi connectivity index (χ1) is 12.1. The van der Waals surface area contributed by atoms with Crippen LogP contribution in [0.1, 0.15) is 6.92 Å². The highest BCUT2D eigenvalue weighted by atomic mass is 15.4. The van der Waals surface area contributed by atoms with Gasteiger partial charge in [-0.1, -0.05) is 12.1 Å². The second kappa shape index (κ2) is 5.88. The van der Waals surface area contributed by atoms with E-state index in [1.807, 2.05) is 0 Å². The fourth-order valence-electron chi connectivity index (χ4n) is 3.72. The molecule has 3 heterocycles. The summed E-state index contributed by atoms with van der Waals surface area (Å²) in [5.74, 6) is 1.19. The molecule has 3 aromatic rings. The van der Waals surface area contributed by atoms with Gasteiger partial charge in [0.05, 0.1) is 12.7 Å². The summed E-state index contributed by atoms with van der Waals surface area (Å²) in [6, 6.07) is 21.4. The van der Waals surface area contributed by atoms with E-state index in [1.165, 1.54) is 28.6 Å². The van der Waals surface area contributed by atoms with E-state index in [2.05, 4.69) is 114 Å². The van der Waals surface area contributed by atoms with Gasteiger partial charge in [-0.25, -0.2) is 9.47 Å². The van der Waals surface area contributed by atoms with Crippen LogP contribution in [0.2, 0.25) is 0 Å². The third-order valence-corrected chi connectivity index (χ3v) is 5.22. The van der Waals surface area contributed by atoms with Crippen molar-refractivity contribution in [1.29, 1.82) is 0 Å². The fourth-order valence-corrected chi connectivity index (χ4v) is 3.72. The lowest BCUT2D eigenvalue weighted by Crippen LogP contribution is -2.45. The van der Waals surface area contributed by atoms with E-state index < -0.39 is 0 Å². The van der Waals surface area contributed by atoms with Crippen molar-refractivity contribution in [1.82, 2.24) is 0 Å². The Morgan fingerprint density at radius 1 is 0.800 bits per heavy atom. The van der Waals surface area contributed by atoms with Crippen LogP contribution in [-0.2, 0) is 14.1 Å². The maximum atomic E-state index is 2.40. The highest BCUT2D eigenvalue weighted by Gasteiger charge is 2.39. The third kappa shape index (κ3) is 2.37. The van der Waals surface area contributed by atoms with Crippen LogP contribution in [0.25, 0.3) is 11.4 Å². The molecule has 126 valence electrons. The van der Waals surface area contributed by atoms with Gasteiger partial charge >= 0.3 is 0 Å². The maximum absolute atomic E-state index is 2.40. The molecule has 0 unspecified atom stereocenters. The molecule has 0 spiro atoms. The Morgan fingerprint density at radius 3 is 2.24 bits per heavy atom. The van der Waals surface area contributed by atoms with Crippen LogP contribution >= 0.6 is 0 Å². The number of hydrogen-bond donors (Lipinski definition) is 0. The molecule has 25 heavy (non-hydrogen) atoms. The van der Waals surface area contributed by atoms with E-state index >= 15 is 0 Å². The predicted octanol–water partition coefficient (Wildman–Crippen LogP) is 2.94. The lowest BCUT2D eigenvalue weighted by molar-refractivity contribution is -0.684. The average Bonchev–Trinajstić information content (AvgIpc) is 2.88. The molecule has 0 fully saturated rings. The molecule has 0 saturated heterocycles. The standard InChI is InChI=1S/C21H24N4/c1-16-23(3)19-11-5-6-12-20(19)25(16)21-14-9-13-18(24(21)4)17-10-7-8-15-22(17)2/h5-16H,1-4H3/q+2/t16-/m0/s1. The van der Waals surface area contributed by atoms with Gasteiger partial charge in [0.15, 0.2) is 23.7 Å².